The Morgan fingerprint density at radius 2 is 1.67 bits per heavy atom. The number of para-hydroxylation sites is 1. The Bertz CT molecular complexity index is 914. The van der Waals surface area contributed by atoms with Crippen molar-refractivity contribution >= 4 is 0 Å². The number of rotatable bonds is 4. The second kappa shape index (κ2) is 6.86. The van der Waals surface area contributed by atoms with Gasteiger partial charge in [-0.2, -0.15) is 5.10 Å². The van der Waals surface area contributed by atoms with Crippen LogP contribution in [0.1, 0.15) is 39.7 Å². The van der Waals surface area contributed by atoms with Gasteiger partial charge in [-0.15, -0.1) is 0 Å². The quantitative estimate of drug-likeness (QED) is 0.628. The van der Waals surface area contributed by atoms with Crippen LogP contribution in [0.2, 0.25) is 0 Å². The fourth-order valence-electron chi connectivity index (χ4n) is 3.73. The van der Waals surface area contributed by atoms with Gasteiger partial charge in [0.05, 0.1) is 11.8 Å². The highest BCUT2D eigenvalue weighted by molar-refractivity contribution is 5.68. The minimum atomic E-state index is -0.282. The normalized spacial score (nSPS) is 18.2. The average Bonchev–Trinajstić information content (AvgIpc) is 3.03. The lowest BCUT2D eigenvalue weighted by molar-refractivity contribution is -0.131. The van der Waals surface area contributed by atoms with E-state index < -0.39 is 0 Å². The molecule has 0 saturated carbocycles. The van der Waals surface area contributed by atoms with Crippen molar-refractivity contribution in [2.75, 3.05) is 0 Å². The third-order valence-electron chi connectivity index (χ3n) is 4.91. The summed E-state index contributed by atoms with van der Waals surface area (Å²) in [5.74, 6) is 0.780. The number of hydrogen-bond donors (Lipinski definition) is 0. The lowest BCUT2D eigenvalue weighted by Gasteiger charge is -2.36. The molecular formula is C23H26N2O2. The maximum Gasteiger partial charge on any atom is 0.223 e. The number of hydrogen-bond acceptors (Lipinski definition) is 3. The smallest absolute Gasteiger partial charge is 0.223 e. The fraction of sp³-hybridized carbons (Fsp3) is 0.348. The third-order valence-corrected chi connectivity index (χ3v) is 4.91. The second-order valence-corrected chi connectivity index (χ2v) is 7.96. The van der Waals surface area contributed by atoms with E-state index in [9.17, 15) is 0 Å². The van der Waals surface area contributed by atoms with Crippen LogP contribution in [0, 0.1) is 0 Å². The van der Waals surface area contributed by atoms with Crippen molar-refractivity contribution < 1.29 is 9.47 Å². The Kier molecular flexibility index (Phi) is 4.52. The molecule has 0 N–H and O–H groups in total. The molecule has 0 radical (unpaired) electrons. The van der Waals surface area contributed by atoms with Crippen LogP contribution >= 0.6 is 0 Å². The van der Waals surface area contributed by atoms with E-state index in [1.54, 1.807) is 0 Å². The van der Waals surface area contributed by atoms with E-state index in [-0.39, 0.29) is 17.8 Å². The van der Waals surface area contributed by atoms with Crippen molar-refractivity contribution in [3.63, 3.8) is 0 Å². The van der Waals surface area contributed by atoms with Crippen LogP contribution in [-0.2, 0) is 10.2 Å². The summed E-state index contributed by atoms with van der Waals surface area (Å²) >= 11 is 0. The molecule has 1 atom stereocenters. The van der Waals surface area contributed by atoms with Crippen LogP contribution in [0.15, 0.2) is 60.7 Å². The van der Waals surface area contributed by atoms with E-state index in [0.29, 0.717) is 0 Å². The molecule has 2 heterocycles. The Hall–Kier alpha value is -2.59. The second-order valence-electron chi connectivity index (χ2n) is 7.96. The maximum atomic E-state index is 6.34. The average molecular weight is 362 g/mol. The highest BCUT2D eigenvalue weighted by Gasteiger charge is 2.41. The summed E-state index contributed by atoms with van der Waals surface area (Å²) in [7, 11) is 0. The summed E-state index contributed by atoms with van der Waals surface area (Å²) < 4.78 is 14.3. The molecule has 0 fully saturated rings. The van der Waals surface area contributed by atoms with Crippen molar-refractivity contribution in [2.45, 2.75) is 51.9 Å². The van der Waals surface area contributed by atoms with Gasteiger partial charge in [0.15, 0.2) is 0 Å². The lowest BCUT2D eigenvalue weighted by Crippen LogP contribution is -2.37. The molecule has 1 aliphatic heterocycles. The highest BCUT2D eigenvalue weighted by Crippen LogP contribution is 2.47. The van der Waals surface area contributed by atoms with E-state index in [1.807, 2.05) is 67.1 Å². The molecule has 3 aromatic rings. The van der Waals surface area contributed by atoms with Crippen molar-refractivity contribution in [3.05, 3.63) is 66.2 Å². The minimum absolute atomic E-state index is 0.106. The summed E-state index contributed by atoms with van der Waals surface area (Å²) in [6, 6.07) is 20.5. The molecular weight excluding hydrogens is 336 g/mol. The van der Waals surface area contributed by atoms with Crippen LogP contribution in [0.3, 0.4) is 0 Å². The van der Waals surface area contributed by atoms with E-state index in [2.05, 4.69) is 26.0 Å². The predicted molar refractivity (Wildman–Crippen MR) is 107 cm³/mol. The van der Waals surface area contributed by atoms with Gasteiger partial charge < -0.3 is 9.47 Å². The summed E-state index contributed by atoms with van der Waals surface area (Å²) in [5.41, 5.74) is 4.08. The molecule has 0 unspecified atom stereocenters. The lowest BCUT2D eigenvalue weighted by atomic mass is 9.78. The third kappa shape index (κ3) is 3.37. The molecule has 4 rings (SSSR count). The summed E-state index contributed by atoms with van der Waals surface area (Å²) in [5, 5.41) is 4.98. The number of fused-ring (bicyclic) bond motifs is 1. The summed E-state index contributed by atoms with van der Waals surface area (Å²) in [6.45, 7) is 8.56. The molecule has 140 valence electrons. The first-order valence-electron chi connectivity index (χ1n) is 9.52. The van der Waals surface area contributed by atoms with Gasteiger partial charge in [0, 0.05) is 23.0 Å². The monoisotopic (exact) mass is 362 g/mol. The Balaban J connectivity index is 1.91. The number of nitrogens with zero attached hydrogens (tertiary/aromatic N) is 2. The zero-order valence-corrected chi connectivity index (χ0v) is 16.3. The number of benzene rings is 2. The highest BCUT2D eigenvalue weighted by atomic mass is 16.7. The summed E-state index contributed by atoms with van der Waals surface area (Å²) in [6.07, 6.45) is 0.614. The maximum absolute atomic E-state index is 6.34. The van der Waals surface area contributed by atoms with Gasteiger partial charge in [-0.05, 0) is 26.0 Å². The molecule has 27 heavy (non-hydrogen) atoms. The molecule has 2 aromatic carbocycles. The minimum Gasteiger partial charge on any atom is -0.447 e. The standard InChI is InChI=1S/C23H26N2O2/c1-16(2)26-19-15-23(3,4)20-21(17-11-7-5-8-12-17)24-25(22(20)27-19)18-13-9-6-10-14-18/h5-14,16,19H,15H2,1-4H3/t19-/m1/s1. The van der Waals surface area contributed by atoms with Crippen LogP contribution in [0.25, 0.3) is 16.9 Å². The van der Waals surface area contributed by atoms with E-state index in [0.717, 1.165) is 34.8 Å². The largest absolute Gasteiger partial charge is 0.447 e. The predicted octanol–water partition coefficient (Wildman–Crippen LogP) is 5.35. The number of aromatic nitrogens is 2. The molecule has 1 aromatic heterocycles. The Morgan fingerprint density at radius 1 is 1.04 bits per heavy atom. The molecule has 0 amide bonds. The first-order valence-corrected chi connectivity index (χ1v) is 9.52. The van der Waals surface area contributed by atoms with E-state index >= 15 is 0 Å². The van der Waals surface area contributed by atoms with Gasteiger partial charge in [-0.3, -0.25) is 0 Å². The molecule has 1 aliphatic rings. The zero-order chi connectivity index (χ0) is 19.0. The van der Waals surface area contributed by atoms with Gasteiger partial charge in [0.2, 0.25) is 12.2 Å². The fourth-order valence-corrected chi connectivity index (χ4v) is 3.73. The van der Waals surface area contributed by atoms with Crippen molar-refractivity contribution in [2.24, 2.45) is 0 Å². The summed E-state index contributed by atoms with van der Waals surface area (Å²) in [4.78, 5) is 0. The van der Waals surface area contributed by atoms with E-state index in [4.69, 9.17) is 14.6 Å². The molecule has 0 saturated heterocycles. The van der Waals surface area contributed by atoms with Crippen LogP contribution in [-0.4, -0.2) is 22.2 Å². The van der Waals surface area contributed by atoms with Gasteiger partial charge in [-0.25, -0.2) is 4.68 Å². The first kappa shape index (κ1) is 17.8. The van der Waals surface area contributed by atoms with Gasteiger partial charge >= 0.3 is 0 Å². The molecule has 4 nitrogen and oxygen atoms in total. The van der Waals surface area contributed by atoms with Crippen molar-refractivity contribution in [1.29, 1.82) is 0 Å². The Morgan fingerprint density at radius 3 is 2.30 bits per heavy atom. The van der Waals surface area contributed by atoms with Crippen LogP contribution < -0.4 is 4.74 Å². The van der Waals surface area contributed by atoms with Crippen LogP contribution in [0.5, 0.6) is 5.88 Å². The molecule has 4 heteroatoms. The topological polar surface area (TPSA) is 36.3 Å². The molecule has 0 spiro atoms. The van der Waals surface area contributed by atoms with Gasteiger partial charge in [0.1, 0.15) is 5.69 Å². The number of ether oxygens (including phenoxy) is 2. The molecule has 0 bridgehead atoms. The molecule has 0 aliphatic carbocycles. The first-order chi connectivity index (χ1) is 13.0. The van der Waals surface area contributed by atoms with Crippen molar-refractivity contribution in [3.8, 4) is 22.8 Å². The Labute approximate surface area is 160 Å². The van der Waals surface area contributed by atoms with Gasteiger partial charge in [0.25, 0.3) is 0 Å². The zero-order valence-electron chi connectivity index (χ0n) is 16.3. The van der Waals surface area contributed by atoms with E-state index in [1.165, 1.54) is 0 Å². The van der Waals surface area contributed by atoms with Crippen molar-refractivity contribution in [1.82, 2.24) is 9.78 Å². The SMILES string of the molecule is CC(C)O[C@H]1CC(C)(C)c2c(-c3ccccc3)nn(-c3ccccc3)c2O1. The van der Waals surface area contributed by atoms with Crippen LogP contribution in [0.4, 0.5) is 0 Å². The van der Waals surface area contributed by atoms with Gasteiger partial charge in [-0.1, -0.05) is 62.4 Å².